The first kappa shape index (κ1) is 13.3. The molecule has 2 aromatic heterocycles. The molecule has 3 rings (SSSR count). The van der Waals surface area contributed by atoms with Crippen LogP contribution in [0.3, 0.4) is 0 Å². The zero-order chi connectivity index (χ0) is 14.7. The molecule has 5 nitrogen and oxygen atoms in total. The molecule has 5 heteroatoms. The third-order valence-electron chi connectivity index (χ3n) is 3.10. The summed E-state index contributed by atoms with van der Waals surface area (Å²) in [4.78, 5) is 13.2. The highest BCUT2D eigenvalue weighted by atomic mass is 15.1. The van der Waals surface area contributed by atoms with Gasteiger partial charge in [-0.15, -0.1) is 0 Å². The van der Waals surface area contributed by atoms with Gasteiger partial charge >= 0.3 is 0 Å². The molecular formula is C16H17N5. The van der Waals surface area contributed by atoms with Gasteiger partial charge in [0.15, 0.2) is 0 Å². The minimum atomic E-state index is 0.731. The number of nitrogens with one attached hydrogen (secondary N) is 2. The number of hydrogen-bond acceptors (Lipinski definition) is 5. The minimum absolute atomic E-state index is 0.731. The molecule has 0 bridgehead atoms. The topological polar surface area (TPSA) is 62.7 Å². The van der Waals surface area contributed by atoms with E-state index >= 15 is 0 Å². The normalized spacial score (nSPS) is 10.6. The monoisotopic (exact) mass is 279 g/mol. The zero-order valence-electron chi connectivity index (χ0n) is 12.1. The van der Waals surface area contributed by atoms with Crippen LogP contribution in [0.2, 0.25) is 0 Å². The molecule has 1 aromatic carbocycles. The number of aryl methyl sites for hydroxylation is 1. The summed E-state index contributed by atoms with van der Waals surface area (Å²) in [5.41, 5.74) is 1.95. The van der Waals surface area contributed by atoms with Crippen molar-refractivity contribution in [3.05, 3.63) is 48.4 Å². The van der Waals surface area contributed by atoms with Crippen molar-refractivity contribution < 1.29 is 0 Å². The van der Waals surface area contributed by atoms with Gasteiger partial charge in [-0.1, -0.05) is 6.07 Å². The minimum Gasteiger partial charge on any atom is -0.370 e. The Hall–Kier alpha value is -2.69. The lowest BCUT2D eigenvalue weighted by molar-refractivity contribution is 1.04. The molecule has 0 spiro atoms. The average molecular weight is 279 g/mol. The number of rotatable bonds is 4. The van der Waals surface area contributed by atoms with Gasteiger partial charge in [0.2, 0.25) is 0 Å². The van der Waals surface area contributed by atoms with E-state index < -0.39 is 0 Å². The molecule has 0 fully saturated rings. The molecule has 0 aliphatic carbocycles. The maximum atomic E-state index is 4.44. The Bertz CT molecular complexity index is 764. The number of hydrogen-bond donors (Lipinski definition) is 2. The van der Waals surface area contributed by atoms with Crippen LogP contribution in [0.1, 0.15) is 12.7 Å². The van der Waals surface area contributed by atoms with E-state index in [4.69, 9.17) is 0 Å². The van der Waals surface area contributed by atoms with Crippen molar-refractivity contribution in [2.45, 2.75) is 13.8 Å². The van der Waals surface area contributed by atoms with Gasteiger partial charge < -0.3 is 10.6 Å². The Labute approximate surface area is 123 Å². The third kappa shape index (κ3) is 2.91. The smallest absolute Gasteiger partial charge is 0.136 e. The second-order valence-electron chi connectivity index (χ2n) is 4.72. The van der Waals surface area contributed by atoms with Crippen LogP contribution in [0.15, 0.2) is 42.6 Å². The molecule has 0 atom stereocenters. The Kier molecular flexibility index (Phi) is 3.64. The highest BCUT2D eigenvalue weighted by molar-refractivity contribution is 5.92. The van der Waals surface area contributed by atoms with Crippen molar-refractivity contribution in [2.75, 3.05) is 17.2 Å². The number of fused-ring (bicyclic) bond motifs is 1. The van der Waals surface area contributed by atoms with Gasteiger partial charge in [-0.25, -0.2) is 9.97 Å². The molecule has 0 unspecified atom stereocenters. The molecule has 2 heterocycles. The van der Waals surface area contributed by atoms with E-state index in [0.717, 1.165) is 40.6 Å². The highest BCUT2D eigenvalue weighted by Gasteiger charge is 2.05. The summed E-state index contributed by atoms with van der Waals surface area (Å²) in [6, 6.07) is 11.9. The van der Waals surface area contributed by atoms with Crippen molar-refractivity contribution in [3.63, 3.8) is 0 Å². The van der Waals surface area contributed by atoms with Crippen LogP contribution in [-0.2, 0) is 0 Å². The molecule has 2 N–H and O–H groups in total. The van der Waals surface area contributed by atoms with Gasteiger partial charge in [-0.2, -0.15) is 0 Å². The summed E-state index contributed by atoms with van der Waals surface area (Å²) in [7, 11) is 0. The highest BCUT2D eigenvalue weighted by Crippen LogP contribution is 2.25. The van der Waals surface area contributed by atoms with Crippen molar-refractivity contribution in [3.8, 4) is 0 Å². The van der Waals surface area contributed by atoms with Crippen molar-refractivity contribution >= 4 is 28.2 Å². The molecule has 21 heavy (non-hydrogen) atoms. The van der Waals surface area contributed by atoms with Gasteiger partial charge in [-0.05, 0) is 38.1 Å². The van der Waals surface area contributed by atoms with E-state index in [1.54, 1.807) is 6.20 Å². The zero-order valence-corrected chi connectivity index (χ0v) is 12.1. The van der Waals surface area contributed by atoms with Crippen LogP contribution >= 0.6 is 0 Å². The van der Waals surface area contributed by atoms with Gasteiger partial charge in [0.1, 0.15) is 17.5 Å². The van der Waals surface area contributed by atoms with E-state index in [2.05, 4.69) is 25.6 Å². The summed E-state index contributed by atoms with van der Waals surface area (Å²) in [6.45, 7) is 4.76. The van der Waals surface area contributed by atoms with Crippen LogP contribution in [0.4, 0.5) is 17.3 Å². The maximum Gasteiger partial charge on any atom is 0.136 e. The fraction of sp³-hybridized carbons (Fsp3) is 0.188. The molecule has 0 aliphatic rings. The van der Waals surface area contributed by atoms with Gasteiger partial charge in [-0.3, -0.25) is 4.98 Å². The summed E-state index contributed by atoms with van der Waals surface area (Å²) < 4.78 is 0. The predicted molar refractivity (Wildman–Crippen MR) is 86.0 cm³/mol. The van der Waals surface area contributed by atoms with Crippen molar-refractivity contribution in [1.29, 1.82) is 0 Å². The average Bonchev–Trinajstić information content (AvgIpc) is 2.47. The second kappa shape index (κ2) is 5.75. The summed E-state index contributed by atoms with van der Waals surface area (Å²) in [5.74, 6) is 2.33. The molecule has 0 aliphatic heterocycles. The van der Waals surface area contributed by atoms with Crippen LogP contribution in [0.5, 0.6) is 0 Å². The summed E-state index contributed by atoms with van der Waals surface area (Å²) in [6.07, 6.45) is 1.80. The van der Waals surface area contributed by atoms with E-state index in [1.165, 1.54) is 0 Å². The van der Waals surface area contributed by atoms with Crippen LogP contribution in [0, 0.1) is 6.92 Å². The predicted octanol–water partition coefficient (Wildman–Crippen LogP) is 3.51. The number of aromatic nitrogens is 3. The number of nitrogens with zero attached hydrogens (tertiary/aromatic N) is 3. The third-order valence-corrected chi connectivity index (χ3v) is 3.10. The Morgan fingerprint density at radius 3 is 2.76 bits per heavy atom. The van der Waals surface area contributed by atoms with Gasteiger partial charge in [0.05, 0.1) is 5.52 Å². The quantitative estimate of drug-likeness (QED) is 0.765. The van der Waals surface area contributed by atoms with Crippen LogP contribution in [-0.4, -0.2) is 21.5 Å². The second-order valence-corrected chi connectivity index (χ2v) is 4.72. The molecule has 0 amide bonds. The van der Waals surface area contributed by atoms with Crippen LogP contribution < -0.4 is 10.6 Å². The number of pyridine rings is 1. The lowest BCUT2D eigenvalue weighted by Gasteiger charge is -2.11. The number of benzene rings is 1. The first-order chi connectivity index (χ1) is 10.3. The van der Waals surface area contributed by atoms with Crippen molar-refractivity contribution in [2.24, 2.45) is 0 Å². The molecule has 0 saturated heterocycles. The van der Waals surface area contributed by atoms with Crippen molar-refractivity contribution in [1.82, 2.24) is 15.0 Å². The van der Waals surface area contributed by atoms with Gasteiger partial charge in [0.25, 0.3) is 0 Å². The van der Waals surface area contributed by atoms with E-state index in [-0.39, 0.29) is 0 Å². The first-order valence-corrected chi connectivity index (χ1v) is 6.96. The fourth-order valence-corrected chi connectivity index (χ4v) is 2.25. The van der Waals surface area contributed by atoms with E-state index in [1.807, 2.05) is 50.2 Å². The maximum absolute atomic E-state index is 4.44. The van der Waals surface area contributed by atoms with E-state index in [9.17, 15) is 0 Å². The molecular weight excluding hydrogens is 262 g/mol. The van der Waals surface area contributed by atoms with Crippen LogP contribution in [0.25, 0.3) is 10.9 Å². The lowest BCUT2D eigenvalue weighted by Crippen LogP contribution is -2.04. The largest absolute Gasteiger partial charge is 0.370 e. The standard InChI is InChI=1S/C16H17N5/c1-3-17-15-10-16(20-11(2)19-15)21-14-8-4-7-13-12(14)6-5-9-18-13/h4-10H,3H2,1-2H3,(H2,17,19,20,21). The van der Waals surface area contributed by atoms with Gasteiger partial charge in [0, 0.05) is 29.9 Å². The molecule has 3 aromatic rings. The SMILES string of the molecule is CCNc1cc(Nc2cccc3ncccc23)nc(C)n1. The molecule has 0 saturated carbocycles. The molecule has 106 valence electrons. The van der Waals surface area contributed by atoms with E-state index in [0.29, 0.717) is 0 Å². The fourth-order valence-electron chi connectivity index (χ4n) is 2.25. The number of anilines is 3. The summed E-state index contributed by atoms with van der Waals surface area (Å²) >= 11 is 0. The lowest BCUT2D eigenvalue weighted by atomic mass is 10.2. The Morgan fingerprint density at radius 2 is 1.90 bits per heavy atom. The molecule has 0 radical (unpaired) electrons. The summed E-state index contributed by atoms with van der Waals surface area (Å²) in [5, 5.41) is 7.63. The Morgan fingerprint density at radius 1 is 1.05 bits per heavy atom. The first-order valence-electron chi connectivity index (χ1n) is 6.96. The Balaban J connectivity index is 1.98.